The molecule has 35 heavy (non-hydrogen) atoms. The molecule has 0 aliphatic rings. The minimum atomic E-state index is 0. The van der Waals surface area contributed by atoms with Gasteiger partial charge < -0.3 is 19.8 Å². The van der Waals surface area contributed by atoms with Crippen molar-refractivity contribution in [2.75, 3.05) is 13.1 Å². The van der Waals surface area contributed by atoms with Gasteiger partial charge in [-0.2, -0.15) is 0 Å². The van der Waals surface area contributed by atoms with E-state index >= 15 is 0 Å². The fourth-order valence-electron chi connectivity index (χ4n) is 3.45. The van der Waals surface area contributed by atoms with E-state index in [1.54, 1.807) is 12.4 Å². The number of nitrogens with one attached hydrogen (secondary N) is 2. The van der Waals surface area contributed by atoms with Crippen molar-refractivity contribution in [2.24, 2.45) is 0 Å². The van der Waals surface area contributed by atoms with Gasteiger partial charge >= 0.3 is 0 Å². The van der Waals surface area contributed by atoms with E-state index in [4.69, 9.17) is 0 Å². The van der Waals surface area contributed by atoms with Gasteiger partial charge in [0.25, 0.3) is 0 Å². The lowest BCUT2D eigenvalue weighted by atomic mass is 10.3. The highest BCUT2D eigenvalue weighted by Gasteiger charge is 1.97. The number of pyridine rings is 2. The minimum Gasteiger partial charge on any atom is -0.337 e. The average molecular weight is 471 g/mol. The van der Waals surface area contributed by atoms with Gasteiger partial charge in [0.15, 0.2) is 0 Å². The summed E-state index contributed by atoms with van der Waals surface area (Å²) in [6.07, 6.45) is 17.3. The van der Waals surface area contributed by atoms with E-state index in [2.05, 4.69) is 65.0 Å². The molecule has 9 heteroatoms. The van der Waals surface area contributed by atoms with Crippen LogP contribution in [0.25, 0.3) is 0 Å². The summed E-state index contributed by atoms with van der Waals surface area (Å²) in [4.78, 5) is 16.5. The Balaban J connectivity index is 0.000000240. The van der Waals surface area contributed by atoms with E-state index in [0.29, 0.717) is 0 Å². The normalized spacial score (nSPS) is 10.3. The van der Waals surface area contributed by atoms with Gasteiger partial charge in [-0.25, -0.2) is 9.97 Å². The Morgan fingerprint density at radius 3 is 1.89 bits per heavy atom. The Kier molecular flexibility index (Phi) is 13.1. The second-order valence-corrected chi connectivity index (χ2v) is 8.26. The number of hydrogen-bond donors (Lipinski definition) is 2. The summed E-state index contributed by atoms with van der Waals surface area (Å²) in [5, 5.41) is 6.81. The standard InChI is InChI=1S/2C13H18N4.B/c1-12-10-17(11-16-12)7-3-6-15-9-13-4-2-5-14-8-13;1-12-8-16-11-17(12)7-3-6-15-10-13-4-2-5-14-9-13;/h2,4-5,8,10-11,15H,3,6-7,9H2,1H3;2,4-5,8-9,11,15H,3,6-7,10H2,1H3;. The highest BCUT2D eigenvalue weighted by Crippen LogP contribution is 1.99. The lowest BCUT2D eigenvalue weighted by Crippen LogP contribution is -2.16. The highest BCUT2D eigenvalue weighted by molar-refractivity contribution is 5.75. The Hall–Kier alpha value is -3.30. The van der Waals surface area contributed by atoms with Crippen LogP contribution in [-0.2, 0) is 26.2 Å². The molecule has 0 fully saturated rings. The summed E-state index contributed by atoms with van der Waals surface area (Å²) in [6.45, 7) is 9.91. The molecule has 2 N–H and O–H groups in total. The molecule has 3 radical (unpaired) electrons. The first-order valence-electron chi connectivity index (χ1n) is 11.8. The first-order chi connectivity index (χ1) is 16.7. The number of nitrogens with zero attached hydrogens (tertiary/aromatic N) is 6. The minimum absolute atomic E-state index is 0. The highest BCUT2D eigenvalue weighted by atomic mass is 15.0. The second-order valence-electron chi connectivity index (χ2n) is 8.26. The van der Waals surface area contributed by atoms with E-state index < -0.39 is 0 Å². The Labute approximate surface area is 210 Å². The first-order valence-corrected chi connectivity index (χ1v) is 11.8. The van der Waals surface area contributed by atoms with Crippen molar-refractivity contribution < 1.29 is 0 Å². The third kappa shape index (κ3) is 11.1. The van der Waals surface area contributed by atoms with Crippen LogP contribution in [0.5, 0.6) is 0 Å². The van der Waals surface area contributed by atoms with E-state index in [9.17, 15) is 0 Å². The van der Waals surface area contributed by atoms with Crippen LogP contribution in [0.3, 0.4) is 0 Å². The maximum Gasteiger partial charge on any atom is 0.0949 e. The molecule has 0 unspecified atom stereocenters. The van der Waals surface area contributed by atoms with Crippen LogP contribution in [0.15, 0.2) is 74.1 Å². The van der Waals surface area contributed by atoms with Crippen LogP contribution in [0.1, 0.15) is 35.4 Å². The molecule has 4 heterocycles. The van der Waals surface area contributed by atoms with E-state index in [-0.39, 0.29) is 8.41 Å². The van der Waals surface area contributed by atoms with Gasteiger partial charge in [0, 0.05) is 77.5 Å². The summed E-state index contributed by atoms with van der Waals surface area (Å²) >= 11 is 0. The van der Waals surface area contributed by atoms with Gasteiger partial charge in [-0.1, -0.05) is 12.1 Å². The third-order valence-corrected chi connectivity index (χ3v) is 5.31. The maximum absolute atomic E-state index is 4.20. The predicted molar refractivity (Wildman–Crippen MR) is 141 cm³/mol. The molecule has 183 valence electrons. The first kappa shape index (κ1) is 27.9. The Bertz CT molecular complexity index is 1050. The van der Waals surface area contributed by atoms with Crippen molar-refractivity contribution in [3.8, 4) is 0 Å². The van der Waals surface area contributed by atoms with Crippen molar-refractivity contribution >= 4 is 8.41 Å². The van der Waals surface area contributed by atoms with Crippen LogP contribution < -0.4 is 10.6 Å². The zero-order valence-corrected chi connectivity index (χ0v) is 20.8. The molecule has 0 saturated carbocycles. The summed E-state index contributed by atoms with van der Waals surface area (Å²) in [6, 6.07) is 8.09. The van der Waals surface area contributed by atoms with Crippen LogP contribution >= 0.6 is 0 Å². The molecule has 0 atom stereocenters. The van der Waals surface area contributed by atoms with Crippen LogP contribution in [0, 0.1) is 13.8 Å². The summed E-state index contributed by atoms with van der Waals surface area (Å²) in [7, 11) is 0. The van der Waals surface area contributed by atoms with Crippen LogP contribution in [0.4, 0.5) is 0 Å². The van der Waals surface area contributed by atoms with Crippen molar-refractivity contribution in [1.82, 2.24) is 39.7 Å². The zero-order chi connectivity index (χ0) is 23.8. The molecule has 0 bridgehead atoms. The molecule has 4 aromatic rings. The van der Waals surface area contributed by atoms with E-state index in [1.165, 1.54) is 16.8 Å². The summed E-state index contributed by atoms with van der Waals surface area (Å²) < 4.78 is 4.30. The third-order valence-electron chi connectivity index (χ3n) is 5.31. The van der Waals surface area contributed by atoms with Gasteiger partial charge in [0.05, 0.1) is 18.3 Å². The van der Waals surface area contributed by atoms with E-state index in [1.807, 2.05) is 50.3 Å². The summed E-state index contributed by atoms with van der Waals surface area (Å²) in [5.74, 6) is 0. The number of hydrogen-bond acceptors (Lipinski definition) is 6. The van der Waals surface area contributed by atoms with Crippen molar-refractivity contribution in [3.05, 3.63) is 96.6 Å². The van der Waals surface area contributed by atoms with Crippen LogP contribution in [0.2, 0.25) is 0 Å². The lowest BCUT2D eigenvalue weighted by molar-refractivity contribution is 0.573. The predicted octanol–water partition coefficient (Wildman–Crippen LogP) is 3.15. The second kappa shape index (κ2) is 16.4. The maximum atomic E-state index is 4.20. The number of imidazole rings is 2. The number of aryl methyl sites for hydroxylation is 4. The summed E-state index contributed by atoms with van der Waals surface area (Å²) in [5.41, 5.74) is 4.75. The molecule has 0 spiro atoms. The Morgan fingerprint density at radius 1 is 0.771 bits per heavy atom. The topological polar surface area (TPSA) is 85.5 Å². The van der Waals surface area contributed by atoms with Gasteiger partial charge in [0.1, 0.15) is 0 Å². The van der Waals surface area contributed by atoms with Gasteiger partial charge in [0.2, 0.25) is 0 Å². The smallest absolute Gasteiger partial charge is 0.0949 e. The molecular weight excluding hydrogens is 435 g/mol. The van der Waals surface area contributed by atoms with Crippen molar-refractivity contribution in [3.63, 3.8) is 0 Å². The SMILES string of the molecule is Cc1cn(CCCNCc2cccnc2)cn1.Cc1cncn1CCCNCc1cccnc1.[B]. The largest absolute Gasteiger partial charge is 0.337 e. The molecule has 0 saturated heterocycles. The van der Waals surface area contributed by atoms with Gasteiger partial charge in [-0.3, -0.25) is 9.97 Å². The zero-order valence-electron chi connectivity index (χ0n) is 20.8. The molecular formula is C26H36BN8. The molecule has 0 amide bonds. The van der Waals surface area contributed by atoms with E-state index in [0.717, 1.165) is 57.8 Å². The molecule has 4 rings (SSSR count). The molecule has 0 aliphatic heterocycles. The quantitative estimate of drug-likeness (QED) is 0.244. The fraction of sp³-hybridized carbons (Fsp3) is 0.385. The fourth-order valence-corrected chi connectivity index (χ4v) is 3.45. The Morgan fingerprint density at radius 2 is 1.40 bits per heavy atom. The lowest BCUT2D eigenvalue weighted by Gasteiger charge is -2.06. The monoisotopic (exact) mass is 471 g/mol. The average Bonchev–Trinajstić information content (AvgIpc) is 3.48. The number of aromatic nitrogens is 6. The van der Waals surface area contributed by atoms with Gasteiger partial charge in [-0.15, -0.1) is 0 Å². The van der Waals surface area contributed by atoms with Crippen molar-refractivity contribution in [1.29, 1.82) is 0 Å². The van der Waals surface area contributed by atoms with Gasteiger partial charge in [-0.05, 0) is 63.0 Å². The van der Waals surface area contributed by atoms with Crippen molar-refractivity contribution in [2.45, 2.75) is 52.9 Å². The molecule has 0 aromatic carbocycles. The molecule has 0 aliphatic carbocycles. The molecule has 4 aromatic heterocycles. The number of rotatable bonds is 12. The van der Waals surface area contributed by atoms with Crippen LogP contribution in [-0.4, -0.2) is 50.6 Å². The molecule has 8 nitrogen and oxygen atoms in total.